The number of fused-ring (bicyclic) bond motifs is 3. The lowest BCUT2D eigenvalue weighted by molar-refractivity contribution is 0.111. The van der Waals surface area contributed by atoms with Gasteiger partial charge in [0.15, 0.2) is 6.29 Å². The fraction of sp³-hybridized carbons (Fsp3) is 0.300. The van der Waals surface area contributed by atoms with Crippen LogP contribution in [0.25, 0.3) is 16.9 Å². The van der Waals surface area contributed by atoms with Crippen molar-refractivity contribution in [3.63, 3.8) is 0 Å². The molecule has 27 heavy (non-hydrogen) atoms. The Morgan fingerprint density at radius 2 is 2.30 bits per heavy atom. The molecule has 0 fully saturated rings. The summed E-state index contributed by atoms with van der Waals surface area (Å²) in [6.07, 6.45) is 0.800. The predicted octanol–water partition coefficient (Wildman–Crippen LogP) is 5.06. The largest absolute Gasteiger partial charge is 0.495 e. The standard InChI is InChI=1S/C20H20N2O3S2/c1-12(2)10-27-19-6-14-17(7-18(19)24-3)25-9-15-16(8-23)21-22(20(14)15)13-4-5-26-11-13/h4-8,11-12H,9-10H2,1-3H3. The van der Waals surface area contributed by atoms with Crippen molar-refractivity contribution < 1.29 is 14.3 Å². The number of hydrogen-bond acceptors (Lipinski definition) is 6. The molecular weight excluding hydrogens is 380 g/mol. The maximum absolute atomic E-state index is 11.6. The highest BCUT2D eigenvalue weighted by molar-refractivity contribution is 7.99. The maximum atomic E-state index is 11.6. The van der Waals surface area contributed by atoms with Crippen LogP contribution < -0.4 is 9.47 Å². The average molecular weight is 401 g/mol. The second-order valence-corrected chi connectivity index (χ2v) is 8.56. The summed E-state index contributed by atoms with van der Waals surface area (Å²) in [5, 5.41) is 8.56. The van der Waals surface area contributed by atoms with Crippen LogP contribution in [0.4, 0.5) is 0 Å². The number of aromatic nitrogens is 2. The van der Waals surface area contributed by atoms with Gasteiger partial charge in [0.1, 0.15) is 23.8 Å². The van der Waals surface area contributed by atoms with Crippen LogP contribution in [0.15, 0.2) is 33.9 Å². The second kappa shape index (κ2) is 7.40. The van der Waals surface area contributed by atoms with Gasteiger partial charge in [-0.25, -0.2) is 4.68 Å². The monoisotopic (exact) mass is 400 g/mol. The Labute approximate surface area is 166 Å². The number of carbonyl (C=O) groups is 1. The van der Waals surface area contributed by atoms with E-state index in [1.807, 2.05) is 27.6 Å². The van der Waals surface area contributed by atoms with Gasteiger partial charge in [0.2, 0.25) is 0 Å². The average Bonchev–Trinajstić information content (AvgIpc) is 3.32. The fourth-order valence-electron chi connectivity index (χ4n) is 3.07. The van der Waals surface area contributed by atoms with E-state index in [1.54, 1.807) is 30.2 Å². The van der Waals surface area contributed by atoms with Gasteiger partial charge in [-0.05, 0) is 23.4 Å². The summed E-state index contributed by atoms with van der Waals surface area (Å²) in [5.41, 5.74) is 4.06. The molecule has 1 aliphatic rings. The first-order valence-electron chi connectivity index (χ1n) is 8.70. The molecule has 0 N–H and O–H groups in total. The van der Waals surface area contributed by atoms with E-state index in [4.69, 9.17) is 9.47 Å². The lowest BCUT2D eigenvalue weighted by atomic mass is 10.0. The maximum Gasteiger partial charge on any atom is 0.170 e. The number of benzene rings is 1. The zero-order valence-corrected chi connectivity index (χ0v) is 17.0. The van der Waals surface area contributed by atoms with Crippen LogP contribution in [-0.4, -0.2) is 28.9 Å². The molecule has 0 unspecified atom stereocenters. The molecule has 0 saturated heterocycles. The molecule has 5 nitrogen and oxygen atoms in total. The van der Waals surface area contributed by atoms with Crippen molar-refractivity contribution in [2.45, 2.75) is 25.3 Å². The molecule has 4 rings (SSSR count). The van der Waals surface area contributed by atoms with E-state index in [9.17, 15) is 4.79 Å². The third-order valence-electron chi connectivity index (χ3n) is 4.34. The zero-order valence-electron chi connectivity index (χ0n) is 15.4. The molecule has 2 aromatic heterocycles. The zero-order chi connectivity index (χ0) is 19.0. The van der Waals surface area contributed by atoms with E-state index in [2.05, 4.69) is 25.0 Å². The summed E-state index contributed by atoms with van der Waals surface area (Å²) >= 11 is 3.36. The van der Waals surface area contributed by atoms with Crippen LogP contribution in [0.2, 0.25) is 0 Å². The summed E-state index contributed by atoms with van der Waals surface area (Å²) in [4.78, 5) is 12.6. The summed E-state index contributed by atoms with van der Waals surface area (Å²) in [6, 6.07) is 6.03. The van der Waals surface area contributed by atoms with Crippen molar-refractivity contribution in [1.82, 2.24) is 9.78 Å². The van der Waals surface area contributed by atoms with Gasteiger partial charge in [0.25, 0.3) is 0 Å². The lowest BCUT2D eigenvalue weighted by Gasteiger charge is -2.22. The number of ether oxygens (including phenoxy) is 2. The number of thiophene rings is 1. The van der Waals surface area contributed by atoms with Crippen molar-refractivity contribution in [2.75, 3.05) is 12.9 Å². The molecule has 3 heterocycles. The highest BCUT2D eigenvalue weighted by Gasteiger charge is 2.28. The molecule has 3 aromatic rings. The fourth-order valence-corrected chi connectivity index (χ4v) is 4.68. The Morgan fingerprint density at radius 1 is 1.44 bits per heavy atom. The van der Waals surface area contributed by atoms with Gasteiger partial charge in [-0.3, -0.25) is 4.79 Å². The Bertz CT molecular complexity index is 978. The van der Waals surface area contributed by atoms with Crippen molar-refractivity contribution in [3.05, 3.63) is 40.2 Å². The molecule has 140 valence electrons. The molecule has 0 aliphatic carbocycles. The minimum Gasteiger partial charge on any atom is -0.495 e. The summed E-state index contributed by atoms with van der Waals surface area (Å²) in [7, 11) is 1.68. The number of nitrogens with zero attached hydrogens (tertiary/aromatic N) is 2. The van der Waals surface area contributed by atoms with Gasteiger partial charge in [0, 0.05) is 28.3 Å². The SMILES string of the molecule is COc1cc2c(cc1SCC(C)C)-c1c(c(C=O)nn1-c1ccsc1)CO2. The number of carbonyl (C=O) groups excluding carboxylic acids is 1. The van der Waals surface area contributed by atoms with Crippen LogP contribution in [0.1, 0.15) is 29.9 Å². The molecule has 0 radical (unpaired) electrons. The van der Waals surface area contributed by atoms with Crippen LogP contribution in [0.5, 0.6) is 11.5 Å². The third-order valence-corrected chi connectivity index (χ3v) is 6.48. The van der Waals surface area contributed by atoms with Gasteiger partial charge in [0.05, 0.1) is 23.4 Å². The van der Waals surface area contributed by atoms with E-state index < -0.39 is 0 Å². The van der Waals surface area contributed by atoms with E-state index in [-0.39, 0.29) is 0 Å². The van der Waals surface area contributed by atoms with Gasteiger partial charge in [-0.2, -0.15) is 16.4 Å². The first-order valence-corrected chi connectivity index (χ1v) is 10.6. The first-order chi connectivity index (χ1) is 13.1. The third kappa shape index (κ3) is 3.26. The molecule has 1 aliphatic heterocycles. The smallest absolute Gasteiger partial charge is 0.170 e. The number of rotatable bonds is 6. The summed E-state index contributed by atoms with van der Waals surface area (Å²) in [6.45, 7) is 4.71. The molecular formula is C20H20N2O3S2. The summed E-state index contributed by atoms with van der Waals surface area (Å²) < 4.78 is 13.4. The molecule has 0 spiro atoms. The molecule has 0 bridgehead atoms. The van der Waals surface area contributed by atoms with E-state index in [0.29, 0.717) is 18.2 Å². The molecule has 7 heteroatoms. The van der Waals surface area contributed by atoms with Crippen LogP contribution in [0.3, 0.4) is 0 Å². The van der Waals surface area contributed by atoms with Crippen LogP contribution >= 0.6 is 23.1 Å². The Morgan fingerprint density at radius 3 is 2.96 bits per heavy atom. The predicted molar refractivity (Wildman–Crippen MR) is 109 cm³/mol. The van der Waals surface area contributed by atoms with Crippen molar-refractivity contribution in [3.8, 4) is 28.4 Å². The number of aldehydes is 1. The van der Waals surface area contributed by atoms with E-state index >= 15 is 0 Å². The van der Waals surface area contributed by atoms with E-state index in [1.165, 1.54) is 0 Å². The number of thioether (sulfide) groups is 1. The van der Waals surface area contributed by atoms with Crippen LogP contribution in [-0.2, 0) is 6.61 Å². The quantitative estimate of drug-likeness (QED) is 0.427. The second-order valence-electron chi connectivity index (χ2n) is 6.72. The number of hydrogen-bond donors (Lipinski definition) is 0. The molecule has 0 atom stereocenters. The highest BCUT2D eigenvalue weighted by Crippen LogP contribution is 2.45. The highest BCUT2D eigenvalue weighted by atomic mass is 32.2. The van der Waals surface area contributed by atoms with Gasteiger partial charge in [-0.15, -0.1) is 11.8 Å². The lowest BCUT2D eigenvalue weighted by Crippen LogP contribution is -2.09. The molecule has 0 saturated carbocycles. The Balaban J connectivity index is 1.90. The number of methoxy groups -OCH3 is 1. The van der Waals surface area contributed by atoms with Gasteiger partial charge in [-0.1, -0.05) is 13.8 Å². The van der Waals surface area contributed by atoms with Gasteiger partial charge >= 0.3 is 0 Å². The molecule has 0 amide bonds. The minimum absolute atomic E-state index is 0.322. The van der Waals surface area contributed by atoms with Gasteiger partial charge < -0.3 is 9.47 Å². The normalized spacial score (nSPS) is 12.4. The van der Waals surface area contributed by atoms with Crippen molar-refractivity contribution in [1.29, 1.82) is 0 Å². The topological polar surface area (TPSA) is 53.3 Å². The Hall–Kier alpha value is -2.25. The Kier molecular flexibility index (Phi) is 4.97. The molecule has 1 aromatic carbocycles. The first kappa shape index (κ1) is 18.1. The van der Waals surface area contributed by atoms with Crippen LogP contribution in [0, 0.1) is 5.92 Å². The minimum atomic E-state index is 0.322. The van der Waals surface area contributed by atoms with E-state index in [0.717, 1.165) is 50.9 Å². The summed E-state index contributed by atoms with van der Waals surface area (Å²) in [5.74, 6) is 3.12. The van der Waals surface area contributed by atoms with Crippen molar-refractivity contribution in [2.24, 2.45) is 5.92 Å². The van der Waals surface area contributed by atoms with Crippen molar-refractivity contribution >= 4 is 29.4 Å².